The van der Waals surface area contributed by atoms with Crippen molar-refractivity contribution >= 4 is 15.9 Å². The van der Waals surface area contributed by atoms with Gasteiger partial charge in [-0.2, -0.15) is 0 Å². The molecular formula is C21H30N2O4S. The smallest absolute Gasteiger partial charge is 0.220 e. The summed E-state index contributed by atoms with van der Waals surface area (Å²) in [6.07, 6.45) is 4.13. The molecule has 1 aliphatic carbocycles. The van der Waals surface area contributed by atoms with Crippen molar-refractivity contribution in [2.45, 2.75) is 75.2 Å². The fourth-order valence-corrected chi connectivity index (χ4v) is 6.41. The predicted molar refractivity (Wildman–Crippen MR) is 108 cm³/mol. The Morgan fingerprint density at radius 3 is 2.57 bits per heavy atom. The number of sulfonamides is 1. The van der Waals surface area contributed by atoms with Crippen molar-refractivity contribution in [3.05, 3.63) is 29.8 Å². The maximum atomic E-state index is 12.6. The Kier molecular flexibility index (Phi) is 5.16. The number of benzene rings is 1. The number of para-hydroxylation sites is 1. The van der Waals surface area contributed by atoms with E-state index >= 15 is 0 Å². The Hall–Kier alpha value is -1.60. The van der Waals surface area contributed by atoms with E-state index in [1.807, 2.05) is 38.1 Å². The lowest BCUT2D eigenvalue weighted by Crippen LogP contribution is -2.52. The molecule has 4 rings (SSSR count). The van der Waals surface area contributed by atoms with Crippen LogP contribution in [0.25, 0.3) is 0 Å². The second-order valence-corrected chi connectivity index (χ2v) is 11.0. The number of hydrogen-bond acceptors (Lipinski definition) is 4. The summed E-state index contributed by atoms with van der Waals surface area (Å²) in [5.74, 6) is 0.991. The number of amides is 1. The zero-order valence-electron chi connectivity index (χ0n) is 16.7. The summed E-state index contributed by atoms with van der Waals surface area (Å²) in [6.45, 7) is 4.94. The molecule has 2 heterocycles. The first-order valence-corrected chi connectivity index (χ1v) is 11.9. The molecule has 3 aliphatic rings. The predicted octanol–water partition coefficient (Wildman–Crippen LogP) is 2.79. The van der Waals surface area contributed by atoms with Crippen LogP contribution in [0.15, 0.2) is 24.3 Å². The van der Waals surface area contributed by atoms with Crippen molar-refractivity contribution in [1.82, 2.24) is 9.62 Å². The summed E-state index contributed by atoms with van der Waals surface area (Å²) in [5, 5.41) is 2.83. The molecule has 1 saturated carbocycles. The molecule has 1 aromatic rings. The van der Waals surface area contributed by atoms with Gasteiger partial charge in [0.2, 0.25) is 15.9 Å². The highest BCUT2D eigenvalue weighted by molar-refractivity contribution is 7.90. The molecule has 0 radical (unpaired) electrons. The number of nitrogens with one attached hydrogen (secondary N) is 1. The number of fused-ring (bicyclic) bond motifs is 1. The van der Waals surface area contributed by atoms with Gasteiger partial charge in [0, 0.05) is 44.3 Å². The van der Waals surface area contributed by atoms with E-state index in [1.54, 1.807) is 4.31 Å². The van der Waals surface area contributed by atoms with Gasteiger partial charge in [0.1, 0.15) is 11.4 Å². The number of nitrogens with zero attached hydrogens (tertiary/aromatic N) is 1. The van der Waals surface area contributed by atoms with Crippen molar-refractivity contribution < 1.29 is 17.9 Å². The van der Waals surface area contributed by atoms with Gasteiger partial charge in [-0.05, 0) is 44.7 Å². The first-order valence-electron chi connectivity index (χ1n) is 10.4. The average molecular weight is 407 g/mol. The van der Waals surface area contributed by atoms with Gasteiger partial charge < -0.3 is 10.1 Å². The van der Waals surface area contributed by atoms with Gasteiger partial charge in [0.15, 0.2) is 0 Å². The maximum absolute atomic E-state index is 12.6. The van der Waals surface area contributed by atoms with E-state index in [0.29, 0.717) is 32.4 Å². The number of hydrogen-bond donors (Lipinski definition) is 1. The van der Waals surface area contributed by atoms with E-state index in [9.17, 15) is 13.2 Å². The molecule has 2 aliphatic heterocycles. The average Bonchev–Trinajstić information content (AvgIpc) is 3.47. The molecule has 0 bridgehead atoms. The summed E-state index contributed by atoms with van der Waals surface area (Å²) in [5.41, 5.74) is 0.701. The molecule has 1 atom stereocenters. The summed E-state index contributed by atoms with van der Waals surface area (Å²) in [6, 6.07) is 8.07. The molecule has 1 saturated heterocycles. The van der Waals surface area contributed by atoms with Crippen LogP contribution in [0.1, 0.15) is 63.9 Å². The number of piperidine rings is 1. The Bertz CT molecular complexity index is 840. The number of carbonyl (C=O) groups excluding carboxylic acids is 1. The molecule has 1 aromatic carbocycles. The second kappa shape index (κ2) is 7.34. The van der Waals surface area contributed by atoms with Gasteiger partial charge in [-0.15, -0.1) is 0 Å². The summed E-state index contributed by atoms with van der Waals surface area (Å²) >= 11 is 0. The van der Waals surface area contributed by atoms with Crippen molar-refractivity contribution in [1.29, 1.82) is 0 Å². The Morgan fingerprint density at radius 1 is 1.25 bits per heavy atom. The van der Waals surface area contributed by atoms with E-state index in [0.717, 1.165) is 30.6 Å². The van der Waals surface area contributed by atoms with Crippen LogP contribution >= 0.6 is 0 Å². The molecule has 1 N–H and O–H groups in total. The summed E-state index contributed by atoms with van der Waals surface area (Å²) in [7, 11) is -3.14. The summed E-state index contributed by atoms with van der Waals surface area (Å²) < 4.78 is 33.2. The minimum absolute atomic E-state index is 0.0561. The van der Waals surface area contributed by atoms with Crippen LogP contribution in [0.3, 0.4) is 0 Å². The van der Waals surface area contributed by atoms with Gasteiger partial charge in [0.05, 0.1) is 5.25 Å². The van der Waals surface area contributed by atoms with Crippen LogP contribution in [0.2, 0.25) is 0 Å². The monoisotopic (exact) mass is 406 g/mol. The number of ether oxygens (including phenoxy) is 1. The van der Waals surface area contributed by atoms with E-state index in [-0.39, 0.29) is 28.7 Å². The molecule has 28 heavy (non-hydrogen) atoms. The lowest BCUT2D eigenvalue weighted by atomic mass is 9.76. The fraction of sp³-hybridized carbons (Fsp3) is 0.667. The van der Waals surface area contributed by atoms with Crippen LogP contribution in [0, 0.1) is 0 Å². The lowest BCUT2D eigenvalue weighted by Gasteiger charge is -2.46. The van der Waals surface area contributed by atoms with Crippen LogP contribution in [0.4, 0.5) is 0 Å². The highest BCUT2D eigenvalue weighted by Gasteiger charge is 2.48. The molecule has 1 amide bonds. The van der Waals surface area contributed by atoms with E-state index < -0.39 is 10.0 Å². The van der Waals surface area contributed by atoms with Crippen molar-refractivity contribution in [3.8, 4) is 5.75 Å². The summed E-state index contributed by atoms with van der Waals surface area (Å²) in [4.78, 5) is 12.4. The molecule has 1 spiro atoms. The van der Waals surface area contributed by atoms with Crippen LogP contribution in [-0.2, 0) is 14.8 Å². The van der Waals surface area contributed by atoms with E-state index in [1.165, 1.54) is 0 Å². The highest BCUT2D eigenvalue weighted by Crippen LogP contribution is 2.47. The minimum atomic E-state index is -3.14. The normalized spacial score (nSPS) is 24.6. The van der Waals surface area contributed by atoms with Gasteiger partial charge in [-0.3, -0.25) is 4.79 Å². The number of carbonyl (C=O) groups is 1. The molecule has 2 fully saturated rings. The Morgan fingerprint density at radius 2 is 1.93 bits per heavy atom. The van der Waals surface area contributed by atoms with Crippen LogP contribution in [-0.4, -0.2) is 48.6 Å². The Labute approximate surface area is 167 Å². The first kappa shape index (κ1) is 19.7. The van der Waals surface area contributed by atoms with Crippen molar-refractivity contribution in [3.63, 3.8) is 0 Å². The highest BCUT2D eigenvalue weighted by atomic mass is 32.2. The van der Waals surface area contributed by atoms with Crippen LogP contribution in [0.5, 0.6) is 5.75 Å². The van der Waals surface area contributed by atoms with Crippen molar-refractivity contribution in [2.75, 3.05) is 13.1 Å². The fourth-order valence-electron chi connectivity index (χ4n) is 4.56. The Balaban J connectivity index is 1.51. The largest absolute Gasteiger partial charge is 0.487 e. The SMILES string of the molecule is CC(C)NC(=O)C[C@H]1CC2(CCN(S(=O)(=O)C3CC3)CC2)Oc2ccccc21. The first-order chi connectivity index (χ1) is 13.3. The van der Waals surface area contributed by atoms with E-state index in [2.05, 4.69) is 5.32 Å². The zero-order valence-corrected chi connectivity index (χ0v) is 17.5. The number of rotatable bonds is 5. The quantitative estimate of drug-likeness (QED) is 0.816. The third-order valence-electron chi connectivity index (χ3n) is 6.12. The van der Waals surface area contributed by atoms with Gasteiger partial charge in [0.25, 0.3) is 0 Å². The molecular weight excluding hydrogens is 376 g/mol. The van der Waals surface area contributed by atoms with Crippen LogP contribution < -0.4 is 10.1 Å². The third kappa shape index (κ3) is 3.92. The molecule has 0 unspecified atom stereocenters. The minimum Gasteiger partial charge on any atom is -0.487 e. The van der Waals surface area contributed by atoms with Gasteiger partial charge in [-0.25, -0.2) is 12.7 Å². The van der Waals surface area contributed by atoms with Gasteiger partial charge in [-0.1, -0.05) is 18.2 Å². The molecule has 154 valence electrons. The zero-order chi connectivity index (χ0) is 19.9. The van der Waals surface area contributed by atoms with E-state index in [4.69, 9.17) is 4.74 Å². The molecule has 0 aromatic heterocycles. The topological polar surface area (TPSA) is 75.7 Å². The van der Waals surface area contributed by atoms with Crippen molar-refractivity contribution in [2.24, 2.45) is 0 Å². The second-order valence-electron chi connectivity index (χ2n) is 8.79. The third-order valence-corrected chi connectivity index (χ3v) is 8.52. The van der Waals surface area contributed by atoms with Gasteiger partial charge >= 0.3 is 0 Å². The standard InChI is InChI=1S/C21H30N2O4S/c1-15(2)22-20(24)13-16-14-21(27-19-6-4-3-5-18(16)19)9-11-23(12-10-21)28(25,26)17-7-8-17/h3-6,15-17H,7-14H2,1-2H3,(H,22,24)/t16-/m0/s1. The molecule has 7 heteroatoms. The lowest BCUT2D eigenvalue weighted by molar-refractivity contribution is -0.122. The maximum Gasteiger partial charge on any atom is 0.220 e. The molecule has 6 nitrogen and oxygen atoms in total.